The van der Waals surface area contributed by atoms with Gasteiger partial charge in [0.2, 0.25) is 5.82 Å². The second-order valence-corrected chi connectivity index (χ2v) is 3.72. The number of nitro groups is 1. The lowest BCUT2D eigenvalue weighted by atomic mass is 10.3. The molecular formula is C12H11FN4O3. The second kappa shape index (κ2) is 5.91. The molecule has 0 unspecified atom stereocenters. The molecule has 1 heterocycles. The maximum atomic E-state index is 12.8. The molecule has 104 valence electrons. The molecule has 1 aromatic heterocycles. The van der Waals surface area contributed by atoms with Gasteiger partial charge in [0.1, 0.15) is 17.9 Å². The quantitative estimate of drug-likeness (QED) is 0.668. The number of aromatic nitrogens is 2. The van der Waals surface area contributed by atoms with Crippen LogP contribution < -0.4 is 10.1 Å². The van der Waals surface area contributed by atoms with Crippen molar-refractivity contribution < 1.29 is 14.1 Å². The van der Waals surface area contributed by atoms with E-state index < -0.39 is 10.7 Å². The molecule has 2 rings (SSSR count). The Kier molecular flexibility index (Phi) is 4.04. The Bertz CT molecular complexity index is 619. The zero-order valence-corrected chi connectivity index (χ0v) is 10.5. The summed E-state index contributed by atoms with van der Waals surface area (Å²) in [6.07, 6.45) is 1.16. The highest BCUT2D eigenvalue weighted by Gasteiger charge is 2.24. The first kappa shape index (κ1) is 13.7. The number of hydrogen-bond acceptors (Lipinski definition) is 6. The van der Waals surface area contributed by atoms with E-state index in [-0.39, 0.29) is 23.1 Å². The van der Waals surface area contributed by atoms with Crippen molar-refractivity contribution in [3.05, 3.63) is 46.5 Å². The number of anilines is 1. The van der Waals surface area contributed by atoms with Gasteiger partial charge in [-0.2, -0.15) is 4.98 Å². The average Bonchev–Trinajstić information content (AvgIpc) is 2.41. The van der Waals surface area contributed by atoms with Crippen molar-refractivity contribution in [3.63, 3.8) is 0 Å². The van der Waals surface area contributed by atoms with E-state index in [1.54, 1.807) is 6.92 Å². The van der Waals surface area contributed by atoms with Crippen LogP contribution in [0.1, 0.15) is 6.92 Å². The van der Waals surface area contributed by atoms with Crippen molar-refractivity contribution >= 4 is 11.5 Å². The van der Waals surface area contributed by atoms with Gasteiger partial charge in [-0.1, -0.05) is 0 Å². The monoisotopic (exact) mass is 278 g/mol. The maximum Gasteiger partial charge on any atom is 0.373 e. The highest BCUT2D eigenvalue weighted by atomic mass is 19.1. The highest BCUT2D eigenvalue weighted by Crippen LogP contribution is 2.33. The minimum atomic E-state index is -0.628. The molecule has 0 radical (unpaired) electrons. The third kappa shape index (κ3) is 2.97. The summed E-state index contributed by atoms with van der Waals surface area (Å²) in [5, 5.41) is 13.9. The zero-order valence-electron chi connectivity index (χ0n) is 10.5. The third-order valence-electron chi connectivity index (χ3n) is 2.34. The smallest absolute Gasteiger partial charge is 0.373 e. The summed E-state index contributed by atoms with van der Waals surface area (Å²) < 4.78 is 18.1. The Labute approximate surface area is 113 Å². The summed E-state index contributed by atoms with van der Waals surface area (Å²) in [4.78, 5) is 18.0. The molecule has 0 aliphatic carbocycles. The summed E-state index contributed by atoms with van der Waals surface area (Å²) in [6, 6.07) is 5.09. The van der Waals surface area contributed by atoms with Gasteiger partial charge in [0, 0.05) is 6.54 Å². The lowest BCUT2D eigenvalue weighted by molar-refractivity contribution is -0.385. The van der Waals surface area contributed by atoms with E-state index in [1.807, 2.05) is 0 Å². The molecule has 8 heteroatoms. The Hall–Kier alpha value is -2.77. The lowest BCUT2D eigenvalue weighted by Gasteiger charge is -2.08. The standard InChI is InChI=1S/C12H11FN4O3/c1-2-14-11-10(17(18)19)12(16-7-15-11)20-9-5-3-8(13)4-6-9/h3-7H,2H2,1H3,(H,14,15,16). The second-order valence-electron chi connectivity index (χ2n) is 3.72. The van der Waals surface area contributed by atoms with Gasteiger partial charge in [0.05, 0.1) is 4.92 Å². The summed E-state index contributed by atoms with van der Waals surface area (Å²) in [5.41, 5.74) is -0.362. The van der Waals surface area contributed by atoms with Gasteiger partial charge >= 0.3 is 11.6 Å². The van der Waals surface area contributed by atoms with Crippen molar-refractivity contribution in [1.82, 2.24) is 9.97 Å². The van der Waals surface area contributed by atoms with Gasteiger partial charge in [-0.25, -0.2) is 9.37 Å². The van der Waals surface area contributed by atoms with E-state index in [0.717, 1.165) is 6.33 Å². The van der Waals surface area contributed by atoms with Crippen LogP contribution in [0.3, 0.4) is 0 Å². The molecule has 0 saturated carbocycles. The summed E-state index contributed by atoms with van der Waals surface area (Å²) in [7, 11) is 0. The van der Waals surface area contributed by atoms with Crippen LogP contribution in [-0.2, 0) is 0 Å². The number of halogens is 1. The minimum Gasteiger partial charge on any atom is -0.434 e. The van der Waals surface area contributed by atoms with E-state index in [0.29, 0.717) is 6.54 Å². The van der Waals surface area contributed by atoms with E-state index in [1.165, 1.54) is 24.3 Å². The third-order valence-corrected chi connectivity index (χ3v) is 2.34. The fourth-order valence-electron chi connectivity index (χ4n) is 1.51. The van der Waals surface area contributed by atoms with Gasteiger partial charge < -0.3 is 10.1 Å². The van der Waals surface area contributed by atoms with Gasteiger partial charge in [0.15, 0.2) is 0 Å². The van der Waals surface area contributed by atoms with Crippen molar-refractivity contribution in [2.45, 2.75) is 6.92 Å². The molecule has 1 aromatic carbocycles. The van der Waals surface area contributed by atoms with Crippen molar-refractivity contribution in [3.8, 4) is 11.6 Å². The normalized spacial score (nSPS) is 10.1. The molecule has 0 bridgehead atoms. The van der Waals surface area contributed by atoms with Crippen molar-refractivity contribution in [2.75, 3.05) is 11.9 Å². The van der Waals surface area contributed by atoms with E-state index in [4.69, 9.17) is 4.74 Å². The van der Waals surface area contributed by atoms with Crippen molar-refractivity contribution in [2.24, 2.45) is 0 Å². The lowest BCUT2D eigenvalue weighted by Crippen LogP contribution is -2.06. The number of benzene rings is 1. The predicted octanol–water partition coefficient (Wildman–Crippen LogP) is 2.75. The summed E-state index contributed by atoms with van der Waals surface area (Å²) in [5.74, 6) is -0.310. The molecule has 0 saturated heterocycles. The Morgan fingerprint density at radius 3 is 2.65 bits per heavy atom. The fraction of sp³-hybridized carbons (Fsp3) is 0.167. The first-order valence-electron chi connectivity index (χ1n) is 5.78. The molecule has 20 heavy (non-hydrogen) atoms. The summed E-state index contributed by atoms with van der Waals surface area (Å²) >= 11 is 0. The van der Waals surface area contributed by atoms with Crippen molar-refractivity contribution in [1.29, 1.82) is 0 Å². The number of nitrogens with one attached hydrogen (secondary N) is 1. The Morgan fingerprint density at radius 2 is 2.05 bits per heavy atom. The number of hydrogen-bond donors (Lipinski definition) is 1. The molecule has 1 N–H and O–H groups in total. The van der Waals surface area contributed by atoms with Crippen LogP contribution in [-0.4, -0.2) is 21.4 Å². The van der Waals surface area contributed by atoms with Crippen LogP contribution in [0.2, 0.25) is 0 Å². The van der Waals surface area contributed by atoms with Gasteiger partial charge in [-0.15, -0.1) is 0 Å². The van der Waals surface area contributed by atoms with Crippen LogP contribution in [0.5, 0.6) is 11.6 Å². The average molecular weight is 278 g/mol. The SMILES string of the molecule is CCNc1ncnc(Oc2ccc(F)cc2)c1[N+](=O)[O-]. The van der Waals surface area contributed by atoms with Gasteiger partial charge in [0.25, 0.3) is 0 Å². The van der Waals surface area contributed by atoms with Crippen LogP contribution in [0, 0.1) is 15.9 Å². The molecule has 0 atom stereocenters. The topological polar surface area (TPSA) is 90.2 Å². The molecule has 0 aliphatic heterocycles. The Morgan fingerprint density at radius 1 is 1.35 bits per heavy atom. The van der Waals surface area contributed by atoms with Crippen LogP contribution in [0.15, 0.2) is 30.6 Å². The summed E-state index contributed by atoms with van der Waals surface area (Å²) in [6.45, 7) is 2.25. The van der Waals surface area contributed by atoms with Crippen LogP contribution >= 0.6 is 0 Å². The van der Waals surface area contributed by atoms with Crippen LogP contribution in [0.25, 0.3) is 0 Å². The van der Waals surface area contributed by atoms with Gasteiger partial charge in [-0.3, -0.25) is 10.1 Å². The van der Waals surface area contributed by atoms with E-state index in [9.17, 15) is 14.5 Å². The maximum absolute atomic E-state index is 12.8. The van der Waals surface area contributed by atoms with E-state index >= 15 is 0 Å². The minimum absolute atomic E-state index is 0.0737. The molecule has 0 fully saturated rings. The van der Waals surface area contributed by atoms with Crippen LogP contribution in [0.4, 0.5) is 15.9 Å². The first-order valence-corrected chi connectivity index (χ1v) is 5.78. The molecular weight excluding hydrogens is 267 g/mol. The largest absolute Gasteiger partial charge is 0.434 e. The molecule has 0 aliphatic rings. The molecule has 0 amide bonds. The predicted molar refractivity (Wildman–Crippen MR) is 69.3 cm³/mol. The van der Waals surface area contributed by atoms with E-state index in [2.05, 4.69) is 15.3 Å². The highest BCUT2D eigenvalue weighted by molar-refractivity contribution is 5.61. The molecule has 2 aromatic rings. The number of ether oxygens (including phenoxy) is 1. The Balaban J connectivity index is 2.37. The number of nitrogens with zero attached hydrogens (tertiary/aromatic N) is 3. The number of rotatable bonds is 5. The molecule has 0 spiro atoms. The molecule has 7 nitrogen and oxygen atoms in total. The first-order chi connectivity index (χ1) is 9.61. The zero-order chi connectivity index (χ0) is 14.5. The van der Waals surface area contributed by atoms with Gasteiger partial charge in [-0.05, 0) is 31.2 Å². The fourth-order valence-corrected chi connectivity index (χ4v) is 1.51.